The van der Waals surface area contributed by atoms with Gasteiger partial charge < -0.3 is 4.57 Å². The van der Waals surface area contributed by atoms with Gasteiger partial charge in [-0.15, -0.1) is 0 Å². The van der Waals surface area contributed by atoms with Crippen LogP contribution in [0.5, 0.6) is 0 Å². The fourth-order valence-corrected chi connectivity index (χ4v) is 2.90. The minimum absolute atomic E-state index is 0.00968. The van der Waals surface area contributed by atoms with Gasteiger partial charge in [0.05, 0.1) is 11.9 Å². The third-order valence-corrected chi connectivity index (χ3v) is 3.78. The lowest BCUT2D eigenvalue weighted by molar-refractivity contribution is -0.139. The van der Waals surface area contributed by atoms with Gasteiger partial charge in [0.2, 0.25) is 0 Å². The highest BCUT2D eigenvalue weighted by molar-refractivity contribution is 5.68. The number of hydrogen-bond acceptors (Lipinski definition) is 3. The van der Waals surface area contributed by atoms with Crippen LogP contribution in [-0.2, 0) is 25.6 Å². The van der Waals surface area contributed by atoms with E-state index in [1.807, 2.05) is 6.92 Å². The maximum Gasteiger partial charge on any atom is 0.422 e. The molecule has 0 saturated carbocycles. The van der Waals surface area contributed by atoms with Crippen LogP contribution in [0.1, 0.15) is 37.6 Å². The number of hydrogen-bond donors (Lipinski definition) is 0. The van der Waals surface area contributed by atoms with Gasteiger partial charge in [-0.3, -0.25) is 14.8 Å². The molecule has 0 spiro atoms. The third-order valence-electron chi connectivity index (χ3n) is 3.78. The summed E-state index contributed by atoms with van der Waals surface area (Å²) in [6.07, 6.45) is 0.138. The molecule has 2 aromatic rings. The van der Waals surface area contributed by atoms with E-state index in [9.17, 15) is 18.0 Å². The highest BCUT2D eigenvalue weighted by Crippen LogP contribution is 2.36. The van der Waals surface area contributed by atoms with Crippen molar-refractivity contribution in [3.05, 3.63) is 45.8 Å². The molecule has 2 rings (SSSR count). The third kappa shape index (κ3) is 3.00. The standard InChI is InChI=1S/C16H18F3N3O/c1-4-10-13(11-9-20-7-8-21-11)12(5-2)22(6-3)15(23)14(10)16(17,18)19/h7-9H,4-6H2,1-3H3. The maximum absolute atomic E-state index is 13.5. The molecule has 0 atom stereocenters. The van der Waals surface area contributed by atoms with Crippen LogP contribution < -0.4 is 5.56 Å². The van der Waals surface area contributed by atoms with E-state index in [4.69, 9.17) is 0 Å². The summed E-state index contributed by atoms with van der Waals surface area (Å²) in [6.45, 7) is 5.25. The molecule has 0 aromatic carbocycles. The van der Waals surface area contributed by atoms with Crippen LogP contribution in [0.2, 0.25) is 0 Å². The summed E-state index contributed by atoms with van der Waals surface area (Å²) in [5, 5.41) is 0. The summed E-state index contributed by atoms with van der Waals surface area (Å²) in [6, 6.07) is 0. The van der Waals surface area contributed by atoms with Gasteiger partial charge in [-0.1, -0.05) is 13.8 Å². The van der Waals surface area contributed by atoms with E-state index in [1.165, 1.54) is 23.2 Å². The highest BCUT2D eigenvalue weighted by atomic mass is 19.4. The fourth-order valence-electron chi connectivity index (χ4n) is 2.90. The zero-order chi connectivity index (χ0) is 17.2. The Morgan fingerprint density at radius 2 is 1.83 bits per heavy atom. The normalized spacial score (nSPS) is 11.7. The van der Waals surface area contributed by atoms with E-state index in [2.05, 4.69) is 9.97 Å². The summed E-state index contributed by atoms with van der Waals surface area (Å²) >= 11 is 0. The molecule has 4 nitrogen and oxygen atoms in total. The number of aromatic nitrogens is 3. The van der Waals surface area contributed by atoms with Crippen molar-refractivity contribution in [3.63, 3.8) is 0 Å². The van der Waals surface area contributed by atoms with Crippen molar-refractivity contribution in [2.24, 2.45) is 0 Å². The zero-order valence-corrected chi connectivity index (χ0v) is 13.2. The number of alkyl halides is 3. The van der Waals surface area contributed by atoms with Crippen LogP contribution in [0.4, 0.5) is 13.2 Å². The summed E-state index contributed by atoms with van der Waals surface area (Å²) in [7, 11) is 0. The average molecular weight is 325 g/mol. The van der Waals surface area contributed by atoms with Crippen molar-refractivity contribution in [2.75, 3.05) is 0 Å². The molecule has 0 aliphatic rings. The predicted molar refractivity (Wildman–Crippen MR) is 81.2 cm³/mol. The first kappa shape index (κ1) is 17.2. The van der Waals surface area contributed by atoms with Crippen molar-refractivity contribution < 1.29 is 13.2 Å². The second-order valence-electron chi connectivity index (χ2n) is 5.02. The van der Waals surface area contributed by atoms with Crippen LogP contribution in [0.25, 0.3) is 11.3 Å². The lowest BCUT2D eigenvalue weighted by Crippen LogP contribution is -2.33. The number of nitrogens with zero attached hydrogens (tertiary/aromatic N) is 3. The molecule has 0 saturated heterocycles. The molecular weight excluding hydrogens is 307 g/mol. The second-order valence-corrected chi connectivity index (χ2v) is 5.02. The van der Waals surface area contributed by atoms with Gasteiger partial charge >= 0.3 is 6.18 Å². The molecule has 0 bridgehead atoms. The monoisotopic (exact) mass is 325 g/mol. The molecule has 0 unspecified atom stereocenters. The first-order valence-corrected chi connectivity index (χ1v) is 7.48. The molecule has 2 heterocycles. The Kier molecular flexibility index (Phi) is 4.87. The Morgan fingerprint density at radius 3 is 2.26 bits per heavy atom. The molecule has 0 amide bonds. The average Bonchev–Trinajstić information content (AvgIpc) is 2.52. The molecule has 23 heavy (non-hydrogen) atoms. The minimum atomic E-state index is -4.71. The van der Waals surface area contributed by atoms with Crippen molar-refractivity contribution in [1.29, 1.82) is 0 Å². The molecule has 0 aliphatic carbocycles. The number of pyridine rings is 1. The predicted octanol–water partition coefficient (Wildman–Crippen LogP) is 3.47. The largest absolute Gasteiger partial charge is 0.422 e. The van der Waals surface area contributed by atoms with E-state index in [0.717, 1.165) is 0 Å². The van der Waals surface area contributed by atoms with Gasteiger partial charge in [0.15, 0.2) is 0 Å². The van der Waals surface area contributed by atoms with E-state index in [-0.39, 0.29) is 18.5 Å². The summed E-state index contributed by atoms with van der Waals surface area (Å²) in [4.78, 5) is 20.5. The van der Waals surface area contributed by atoms with E-state index >= 15 is 0 Å². The van der Waals surface area contributed by atoms with Gasteiger partial charge in [-0.2, -0.15) is 13.2 Å². The minimum Gasteiger partial charge on any atom is -0.312 e. The molecule has 0 fully saturated rings. The van der Waals surface area contributed by atoms with Gasteiger partial charge in [-0.05, 0) is 25.3 Å². The Morgan fingerprint density at radius 1 is 1.13 bits per heavy atom. The Bertz CT molecular complexity index is 752. The van der Waals surface area contributed by atoms with Gasteiger partial charge in [0.25, 0.3) is 5.56 Å². The Labute approximate surface area is 132 Å². The van der Waals surface area contributed by atoms with Crippen molar-refractivity contribution in [3.8, 4) is 11.3 Å². The van der Waals surface area contributed by atoms with Crippen LogP contribution in [0.3, 0.4) is 0 Å². The van der Waals surface area contributed by atoms with Crippen LogP contribution in [-0.4, -0.2) is 14.5 Å². The second kappa shape index (κ2) is 6.52. The molecule has 0 radical (unpaired) electrons. The zero-order valence-electron chi connectivity index (χ0n) is 13.2. The maximum atomic E-state index is 13.5. The highest BCUT2D eigenvalue weighted by Gasteiger charge is 2.39. The van der Waals surface area contributed by atoms with Gasteiger partial charge in [0.1, 0.15) is 5.56 Å². The Balaban J connectivity index is 3.02. The molecular formula is C16H18F3N3O. The van der Waals surface area contributed by atoms with Crippen molar-refractivity contribution in [2.45, 2.75) is 46.3 Å². The molecule has 0 aliphatic heterocycles. The first-order valence-electron chi connectivity index (χ1n) is 7.48. The van der Waals surface area contributed by atoms with Crippen LogP contribution >= 0.6 is 0 Å². The molecule has 0 N–H and O–H groups in total. The fraction of sp³-hybridized carbons (Fsp3) is 0.438. The van der Waals surface area contributed by atoms with Gasteiger partial charge in [-0.25, -0.2) is 0 Å². The smallest absolute Gasteiger partial charge is 0.312 e. The van der Waals surface area contributed by atoms with E-state index < -0.39 is 17.3 Å². The summed E-state index contributed by atoms with van der Waals surface area (Å²) in [5.74, 6) is 0. The van der Waals surface area contributed by atoms with E-state index in [0.29, 0.717) is 23.4 Å². The summed E-state index contributed by atoms with van der Waals surface area (Å²) in [5.41, 5.74) is -0.806. The van der Waals surface area contributed by atoms with Crippen LogP contribution in [0, 0.1) is 0 Å². The quantitative estimate of drug-likeness (QED) is 0.865. The lowest BCUT2D eigenvalue weighted by atomic mass is 9.94. The number of rotatable bonds is 4. The Hall–Kier alpha value is -2.18. The van der Waals surface area contributed by atoms with Crippen molar-refractivity contribution >= 4 is 0 Å². The summed E-state index contributed by atoms with van der Waals surface area (Å²) < 4.78 is 41.7. The van der Waals surface area contributed by atoms with Crippen LogP contribution in [0.15, 0.2) is 23.4 Å². The number of halogens is 3. The SMILES string of the molecule is CCc1c(-c2cnccn2)c(CC)n(CC)c(=O)c1C(F)(F)F. The molecule has 7 heteroatoms. The topological polar surface area (TPSA) is 47.8 Å². The van der Waals surface area contributed by atoms with Gasteiger partial charge in [0, 0.05) is 30.2 Å². The molecule has 124 valence electrons. The van der Waals surface area contributed by atoms with E-state index in [1.54, 1.807) is 13.8 Å². The lowest BCUT2D eigenvalue weighted by Gasteiger charge is -2.22. The van der Waals surface area contributed by atoms with Crippen molar-refractivity contribution in [1.82, 2.24) is 14.5 Å². The first-order chi connectivity index (χ1) is 10.9. The molecule has 2 aromatic heterocycles.